The summed E-state index contributed by atoms with van der Waals surface area (Å²) in [6.45, 7) is 4.53. The van der Waals surface area contributed by atoms with Gasteiger partial charge in [0.25, 0.3) is 0 Å². The van der Waals surface area contributed by atoms with Crippen molar-refractivity contribution in [1.29, 1.82) is 0 Å². The molecule has 0 bridgehead atoms. The van der Waals surface area contributed by atoms with E-state index in [9.17, 15) is 19.8 Å². The van der Waals surface area contributed by atoms with E-state index in [-0.39, 0.29) is 48.0 Å². The smallest absolute Gasteiger partial charge is 0.229 e. The number of carbonyl (C=O) groups excluding carboxylic acids is 2. The fourth-order valence-electron chi connectivity index (χ4n) is 7.33. The standard InChI is InChI=1S/C30H41N3O4S/c1-29-14-13-24(35)30(2,18-34)23(29)16-22-26(21(29)15-25(36)31-17-19-9-5-3-6-10-19)32-28(38-22)33-27(37)20-11-7-4-8-12-20/h3,5-6,9-10,20-21,23-24,34-35H,4,7-8,11-18H2,1-2H3,(H,31,36)(H,32,33,37)/t21-,23+,24-,29+,30+/m1/s1. The topological polar surface area (TPSA) is 112 Å². The molecule has 2 amide bonds. The summed E-state index contributed by atoms with van der Waals surface area (Å²) in [6, 6.07) is 9.86. The number of carbonyl (C=O) groups is 2. The molecular weight excluding hydrogens is 498 g/mol. The molecule has 206 valence electrons. The summed E-state index contributed by atoms with van der Waals surface area (Å²) in [4.78, 5) is 32.3. The van der Waals surface area contributed by atoms with Crippen LogP contribution in [-0.4, -0.2) is 39.7 Å². The van der Waals surface area contributed by atoms with E-state index < -0.39 is 11.5 Å². The van der Waals surface area contributed by atoms with Gasteiger partial charge in [-0.05, 0) is 49.0 Å². The maximum Gasteiger partial charge on any atom is 0.229 e. The van der Waals surface area contributed by atoms with Gasteiger partial charge in [-0.15, -0.1) is 11.3 Å². The van der Waals surface area contributed by atoms with Gasteiger partial charge in [0.1, 0.15) is 0 Å². The Bertz CT molecular complexity index is 1150. The van der Waals surface area contributed by atoms with Crippen LogP contribution in [0.15, 0.2) is 30.3 Å². The molecule has 5 rings (SSSR count). The Labute approximate surface area is 229 Å². The van der Waals surface area contributed by atoms with E-state index in [2.05, 4.69) is 17.6 Å². The van der Waals surface area contributed by atoms with Crippen molar-refractivity contribution in [3.05, 3.63) is 46.5 Å². The SMILES string of the molecule is C[C@]1(CO)[C@H]2Cc3sc(NC(=O)C4CCCCC4)nc3[C@@H](CC(=O)NCc3ccccc3)[C@]2(C)CC[C@H]1O. The molecule has 4 N–H and O–H groups in total. The third kappa shape index (κ3) is 5.15. The molecule has 7 nitrogen and oxygen atoms in total. The number of aliphatic hydroxyl groups excluding tert-OH is 2. The fourth-order valence-corrected chi connectivity index (χ4v) is 8.40. The largest absolute Gasteiger partial charge is 0.396 e. The molecule has 0 radical (unpaired) electrons. The van der Waals surface area contributed by atoms with Crippen LogP contribution in [0.2, 0.25) is 0 Å². The number of aromatic nitrogens is 1. The number of hydrogen-bond donors (Lipinski definition) is 4. The first-order valence-corrected chi connectivity index (χ1v) is 15.0. The predicted molar refractivity (Wildman–Crippen MR) is 149 cm³/mol. The summed E-state index contributed by atoms with van der Waals surface area (Å²) in [7, 11) is 0. The van der Waals surface area contributed by atoms with E-state index in [1.807, 2.05) is 37.3 Å². The van der Waals surface area contributed by atoms with Crippen molar-refractivity contribution in [1.82, 2.24) is 10.3 Å². The van der Waals surface area contributed by atoms with Crippen molar-refractivity contribution < 1.29 is 19.8 Å². The lowest BCUT2D eigenvalue weighted by molar-refractivity contribution is -0.144. The molecule has 0 saturated heterocycles. The monoisotopic (exact) mass is 539 g/mol. The molecular formula is C30H41N3O4S. The van der Waals surface area contributed by atoms with Gasteiger partial charge in [-0.3, -0.25) is 9.59 Å². The average molecular weight is 540 g/mol. The van der Waals surface area contributed by atoms with Crippen LogP contribution >= 0.6 is 11.3 Å². The number of nitrogens with zero attached hydrogens (tertiary/aromatic N) is 1. The highest BCUT2D eigenvalue weighted by atomic mass is 32.1. The number of amides is 2. The third-order valence-electron chi connectivity index (χ3n) is 9.82. The van der Waals surface area contributed by atoms with E-state index in [0.717, 1.165) is 48.2 Å². The first-order chi connectivity index (χ1) is 18.2. The second-order valence-corrected chi connectivity index (χ2v) is 13.2. The maximum absolute atomic E-state index is 13.3. The number of anilines is 1. The molecule has 2 saturated carbocycles. The van der Waals surface area contributed by atoms with Crippen molar-refractivity contribution in [2.24, 2.45) is 22.7 Å². The van der Waals surface area contributed by atoms with Crippen LogP contribution in [0.25, 0.3) is 0 Å². The minimum atomic E-state index is -0.668. The van der Waals surface area contributed by atoms with Crippen LogP contribution in [0, 0.1) is 22.7 Å². The molecule has 8 heteroatoms. The lowest BCUT2D eigenvalue weighted by Crippen LogP contribution is -2.57. The highest BCUT2D eigenvalue weighted by molar-refractivity contribution is 7.15. The van der Waals surface area contributed by atoms with E-state index >= 15 is 0 Å². The van der Waals surface area contributed by atoms with Gasteiger partial charge in [0.15, 0.2) is 5.13 Å². The first-order valence-electron chi connectivity index (χ1n) is 14.1. The molecule has 5 atom stereocenters. The molecule has 2 fully saturated rings. The summed E-state index contributed by atoms with van der Waals surface area (Å²) in [5.41, 5.74) is 0.967. The molecule has 1 aromatic carbocycles. The molecule has 3 aliphatic rings. The van der Waals surface area contributed by atoms with Crippen LogP contribution in [-0.2, 0) is 22.6 Å². The number of thiazole rings is 1. The fraction of sp³-hybridized carbons (Fsp3) is 0.633. The molecule has 0 spiro atoms. The van der Waals surface area contributed by atoms with E-state index in [1.165, 1.54) is 17.8 Å². The van der Waals surface area contributed by atoms with Crippen LogP contribution in [0.4, 0.5) is 5.13 Å². The quantitative estimate of drug-likeness (QED) is 0.405. The summed E-state index contributed by atoms with van der Waals surface area (Å²) >= 11 is 1.50. The molecule has 3 aliphatic carbocycles. The van der Waals surface area contributed by atoms with Crippen LogP contribution in [0.5, 0.6) is 0 Å². The highest BCUT2D eigenvalue weighted by Crippen LogP contribution is 2.62. The van der Waals surface area contributed by atoms with E-state index in [1.54, 1.807) is 0 Å². The molecule has 1 heterocycles. The maximum atomic E-state index is 13.3. The molecule has 2 aromatic rings. The van der Waals surface area contributed by atoms with Crippen molar-refractivity contribution in [2.45, 2.75) is 90.2 Å². The molecule has 1 aromatic heterocycles. The zero-order chi connectivity index (χ0) is 26.9. The highest BCUT2D eigenvalue weighted by Gasteiger charge is 2.59. The Morgan fingerprint density at radius 1 is 1.11 bits per heavy atom. The second-order valence-electron chi connectivity index (χ2n) is 12.2. The van der Waals surface area contributed by atoms with Gasteiger partial charge in [0.05, 0.1) is 18.4 Å². The first kappa shape index (κ1) is 27.3. The van der Waals surface area contributed by atoms with Gasteiger partial charge in [-0.25, -0.2) is 4.98 Å². The Morgan fingerprint density at radius 3 is 2.55 bits per heavy atom. The van der Waals surface area contributed by atoms with Gasteiger partial charge in [-0.2, -0.15) is 0 Å². The number of aliphatic hydroxyl groups is 2. The normalized spacial score (nSPS) is 31.2. The lowest BCUT2D eigenvalue weighted by Gasteiger charge is -2.58. The molecule has 38 heavy (non-hydrogen) atoms. The minimum Gasteiger partial charge on any atom is -0.396 e. The number of rotatable bonds is 7. The predicted octanol–water partition coefficient (Wildman–Crippen LogP) is 4.78. The molecule has 0 aliphatic heterocycles. The van der Waals surface area contributed by atoms with Crippen LogP contribution in [0.3, 0.4) is 0 Å². The average Bonchev–Trinajstić information content (AvgIpc) is 3.34. The number of hydrogen-bond acceptors (Lipinski definition) is 6. The Hall–Kier alpha value is -2.29. The summed E-state index contributed by atoms with van der Waals surface area (Å²) in [6.07, 6.45) is 6.93. The van der Waals surface area contributed by atoms with Gasteiger partial charge >= 0.3 is 0 Å². The van der Waals surface area contributed by atoms with Crippen molar-refractivity contribution in [3.63, 3.8) is 0 Å². The van der Waals surface area contributed by atoms with Crippen molar-refractivity contribution >= 4 is 28.3 Å². The van der Waals surface area contributed by atoms with Gasteiger partial charge in [-0.1, -0.05) is 63.4 Å². The Balaban J connectivity index is 1.42. The van der Waals surface area contributed by atoms with Gasteiger partial charge < -0.3 is 20.8 Å². The van der Waals surface area contributed by atoms with E-state index in [4.69, 9.17) is 4.98 Å². The van der Waals surface area contributed by atoms with Crippen molar-refractivity contribution in [2.75, 3.05) is 11.9 Å². The third-order valence-corrected chi connectivity index (χ3v) is 10.8. The summed E-state index contributed by atoms with van der Waals surface area (Å²) in [5, 5.41) is 28.2. The Kier molecular flexibility index (Phi) is 7.94. The summed E-state index contributed by atoms with van der Waals surface area (Å²) in [5.74, 6) is -0.124. The minimum absolute atomic E-state index is 0.00878. The second kappa shape index (κ2) is 11.1. The van der Waals surface area contributed by atoms with Gasteiger partial charge in [0.2, 0.25) is 11.8 Å². The zero-order valence-electron chi connectivity index (χ0n) is 22.5. The zero-order valence-corrected chi connectivity index (χ0v) is 23.4. The lowest BCUT2D eigenvalue weighted by atomic mass is 9.47. The van der Waals surface area contributed by atoms with Crippen molar-refractivity contribution in [3.8, 4) is 0 Å². The number of benzene rings is 1. The van der Waals surface area contributed by atoms with Crippen LogP contribution < -0.4 is 10.6 Å². The summed E-state index contributed by atoms with van der Waals surface area (Å²) < 4.78 is 0. The van der Waals surface area contributed by atoms with Gasteiger partial charge in [0, 0.05) is 35.1 Å². The van der Waals surface area contributed by atoms with E-state index in [0.29, 0.717) is 24.5 Å². The number of nitrogens with one attached hydrogen (secondary N) is 2. The number of fused-ring (bicyclic) bond motifs is 2. The van der Waals surface area contributed by atoms with Crippen LogP contribution in [0.1, 0.15) is 87.3 Å². The molecule has 0 unspecified atom stereocenters. The Morgan fingerprint density at radius 2 is 1.84 bits per heavy atom.